The third-order valence-electron chi connectivity index (χ3n) is 5.54. The predicted molar refractivity (Wildman–Crippen MR) is 98.9 cm³/mol. The van der Waals surface area contributed by atoms with Crippen molar-refractivity contribution < 1.29 is 4.74 Å². The number of benzene rings is 1. The molecule has 1 aliphatic heterocycles. The SMILES string of the molecule is CC(C)[Si](/C=C1\COC(c2ccccc2)C1)(C(C)C)C(C)C. The van der Waals surface area contributed by atoms with E-state index in [1.165, 1.54) is 11.1 Å². The summed E-state index contributed by atoms with van der Waals surface area (Å²) in [6.45, 7) is 15.4. The Kier molecular flexibility index (Phi) is 5.68. The summed E-state index contributed by atoms with van der Waals surface area (Å²) in [5, 5.41) is 0. The second kappa shape index (κ2) is 7.14. The molecule has 1 aliphatic rings. The smallest absolute Gasteiger partial charge is 0.0867 e. The van der Waals surface area contributed by atoms with Crippen molar-refractivity contribution in [3.05, 3.63) is 47.2 Å². The lowest BCUT2D eigenvalue weighted by Gasteiger charge is -2.41. The van der Waals surface area contributed by atoms with Crippen LogP contribution < -0.4 is 0 Å². The van der Waals surface area contributed by atoms with Gasteiger partial charge >= 0.3 is 0 Å². The van der Waals surface area contributed by atoms with Crippen LogP contribution in [0.2, 0.25) is 16.6 Å². The molecule has 0 aromatic heterocycles. The van der Waals surface area contributed by atoms with Crippen molar-refractivity contribution in [2.75, 3.05) is 6.61 Å². The standard InChI is InChI=1S/C20H32OSi/c1-15(2)22(16(3)4,17(5)6)14-18-12-20(21-13-18)19-10-8-7-9-11-19/h7-11,14-17,20H,12-13H2,1-6H3/b18-14-. The monoisotopic (exact) mass is 316 g/mol. The van der Waals surface area contributed by atoms with Crippen LogP contribution in [0, 0.1) is 0 Å². The summed E-state index contributed by atoms with van der Waals surface area (Å²) in [5.41, 5.74) is 7.88. The first-order valence-electron chi connectivity index (χ1n) is 8.75. The van der Waals surface area contributed by atoms with Gasteiger partial charge in [0.15, 0.2) is 0 Å². The van der Waals surface area contributed by atoms with Gasteiger partial charge in [0.1, 0.15) is 0 Å². The van der Waals surface area contributed by atoms with E-state index in [1.807, 2.05) is 0 Å². The highest BCUT2D eigenvalue weighted by atomic mass is 28.3. The first kappa shape index (κ1) is 17.5. The number of rotatable bonds is 5. The lowest BCUT2D eigenvalue weighted by atomic mass is 10.1. The van der Waals surface area contributed by atoms with Crippen LogP contribution in [-0.2, 0) is 4.74 Å². The van der Waals surface area contributed by atoms with Crippen LogP contribution in [0.3, 0.4) is 0 Å². The molecule has 22 heavy (non-hydrogen) atoms. The van der Waals surface area contributed by atoms with E-state index in [9.17, 15) is 0 Å². The van der Waals surface area contributed by atoms with E-state index in [2.05, 4.69) is 77.6 Å². The number of hydrogen-bond acceptors (Lipinski definition) is 1. The summed E-state index contributed by atoms with van der Waals surface area (Å²) >= 11 is 0. The summed E-state index contributed by atoms with van der Waals surface area (Å²) in [4.78, 5) is 0. The molecule has 1 fully saturated rings. The fourth-order valence-corrected chi connectivity index (χ4v) is 10.3. The van der Waals surface area contributed by atoms with E-state index in [-0.39, 0.29) is 6.10 Å². The molecule has 1 heterocycles. The average molecular weight is 317 g/mol. The lowest BCUT2D eigenvalue weighted by molar-refractivity contribution is 0.115. The maximum Gasteiger partial charge on any atom is 0.0867 e. The molecule has 1 aromatic rings. The zero-order valence-electron chi connectivity index (χ0n) is 15.1. The van der Waals surface area contributed by atoms with Crippen molar-refractivity contribution in [3.8, 4) is 0 Å². The lowest BCUT2D eigenvalue weighted by Crippen LogP contribution is -2.43. The van der Waals surface area contributed by atoms with Crippen molar-refractivity contribution in [1.82, 2.24) is 0 Å². The summed E-state index contributed by atoms with van der Waals surface area (Å²) in [5.74, 6) is 0. The fraction of sp³-hybridized carbons (Fsp3) is 0.600. The minimum absolute atomic E-state index is 0.255. The summed E-state index contributed by atoms with van der Waals surface area (Å²) in [6, 6.07) is 10.7. The molecule has 0 N–H and O–H groups in total. The van der Waals surface area contributed by atoms with Crippen molar-refractivity contribution in [2.45, 2.75) is 70.7 Å². The molecule has 1 aromatic carbocycles. The molecule has 1 saturated heterocycles. The van der Waals surface area contributed by atoms with Gasteiger partial charge in [-0.2, -0.15) is 0 Å². The highest BCUT2D eigenvalue weighted by Gasteiger charge is 2.41. The van der Waals surface area contributed by atoms with Crippen LogP contribution in [0.25, 0.3) is 0 Å². The fourth-order valence-electron chi connectivity index (χ4n) is 4.40. The van der Waals surface area contributed by atoms with E-state index in [0.29, 0.717) is 0 Å². The zero-order chi connectivity index (χ0) is 16.3. The molecule has 1 unspecified atom stereocenters. The van der Waals surface area contributed by atoms with Gasteiger partial charge < -0.3 is 4.74 Å². The summed E-state index contributed by atoms with van der Waals surface area (Å²) in [7, 11) is -1.47. The molecule has 0 spiro atoms. The van der Waals surface area contributed by atoms with E-state index in [4.69, 9.17) is 4.74 Å². The largest absolute Gasteiger partial charge is 0.369 e. The Balaban J connectivity index is 2.25. The minimum Gasteiger partial charge on any atom is -0.369 e. The second-order valence-electron chi connectivity index (χ2n) is 7.68. The molecule has 0 amide bonds. The molecular formula is C20H32OSi. The van der Waals surface area contributed by atoms with E-state index in [1.54, 1.807) is 0 Å². The Hall–Kier alpha value is -0.863. The normalized spacial score (nSPS) is 21.5. The van der Waals surface area contributed by atoms with Gasteiger partial charge in [-0.1, -0.05) is 77.6 Å². The van der Waals surface area contributed by atoms with Gasteiger partial charge in [-0.05, 0) is 27.8 Å². The van der Waals surface area contributed by atoms with Gasteiger partial charge in [0.2, 0.25) is 0 Å². The third kappa shape index (κ3) is 3.38. The third-order valence-corrected chi connectivity index (χ3v) is 12.5. The quantitative estimate of drug-likeness (QED) is 0.580. The molecule has 122 valence electrons. The Morgan fingerprint density at radius 3 is 2.00 bits per heavy atom. The molecular weight excluding hydrogens is 284 g/mol. The van der Waals surface area contributed by atoms with Crippen molar-refractivity contribution in [1.29, 1.82) is 0 Å². The molecule has 1 nitrogen and oxygen atoms in total. The maximum atomic E-state index is 6.09. The van der Waals surface area contributed by atoms with Gasteiger partial charge in [-0.15, -0.1) is 0 Å². The molecule has 0 radical (unpaired) electrons. The van der Waals surface area contributed by atoms with Crippen LogP contribution >= 0.6 is 0 Å². The van der Waals surface area contributed by atoms with Gasteiger partial charge in [0.25, 0.3) is 0 Å². The van der Waals surface area contributed by atoms with Crippen LogP contribution in [0.15, 0.2) is 41.6 Å². The number of hydrogen-bond donors (Lipinski definition) is 0. The molecule has 0 aliphatic carbocycles. The Morgan fingerprint density at radius 2 is 1.50 bits per heavy atom. The first-order valence-corrected chi connectivity index (χ1v) is 11.1. The highest BCUT2D eigenvalue weighted by Crippen LogP contribution is 2.44. The molecule has 0 saturated carbocycles. The zero-order valence-corrected chi connectivity index (χ0v) is 16.1. The van der Waals surface area contributed by atoms with E-state index >= 15 is 0 Å². The summed E-state index contributed by atoms with van der Waals surface area (Å²) < 4.78 is 6.09. The second-order valence-corrected chi connectivity index (χ2v) is 13.4. The van der Waals surface area contributed by atoms with Crippen molar-refractivity contribution in [2.24, 2.45) is 0 Å². The Morgan fingerprint density at radius 1 is 0.955 bits per heavy atom. The van der Waals surface area contributed by atoms with Gasteiger partial charge in [0, 0.05) is 6.42 Å². The molecule has 0 bridgehead atoms. The minimum atomic E-state index is -1.47. The van der Waals surface area contributed by atoms with Crippen LogP contribution in [0.1, 0.15) is 59.6 Å². The Labute approximate surface area is 137 Å². The van der Waals surface area contributed by atoms with Crippen molar-refractivity contribution >= 4 is 8.07 Å². The van der Waals surface area contributed by atoms with Gasteiger partial charge in [0.05, 0.1) is 20.8 Å². The molecule has 1 atom stereocenters. The van der Waals surface area contributed by atoms with Crippen LogP contribution in [-0.4, -0.2) is 14.7 Å². The average Bonchev–Trinajstić information content (AvgIpc) is 2.93. The first-order chi connectivity index (χ1) is 10.4. The van der Waals surface area contributed by atoms with Crippen LogP contribution in [0.5, 0.6) is 0 Å². The molecule has 2 rings (SSSR count). The van der Waals surface area contributed by atoms with Gasteiger partial charge in [-0.3, -0.25) is 0 Å². The van der Waals surface area contributed by atoms with Crippen molar-refractivity contribution in [3.63, 3.8) is 0 Å². The summed E-state index contributed by atoms with van der Waals surface area (Å²) in [6.07, 6.45) is 1.33. The topological polar surface area (TPSA) is 9.23 Å². The van der Waals surface area contributed by atoms with E-state index in [0.717, 1.165) is 29.7 Å². The molecule has 2 heteroatoms. The Bertz CT molecular complexity index is 480. The predicted octanol–water partition coefficient (Wildman–Crippen LogP) is 6.29. The van der Waals surface area contributed by atoms with Crippen LogP contribution in [0.4, 0.5) is 0 Å². The van der Waals surface area contributed by atoms with Gasteiger partial charge in [-0.25, -0.2) is 0 Å². The number of ether oxygens (including phenoxy) is 1. The maximum absolute atomic E-state index is 6.09. The highest BCUT2D eigenvalue weighted by molar-refractivity contribution is 6.88. The van der Waals surface area contributed by atoms with E-state index < -0.39 is 8.07 Å².